The number of hydrogen-bond donors (Lipinski definition) is 1. The molecule has 0 spiro atoms. The number of aryl methyl sites for hydroxylation is 1. The molecule has 0 bridgehead atoms. The van der Waals surface area contributed by atoms with E-state index in [-0.39, 0.29) is 5.91 Å². The van der Waals surface area contributed by atoms with Gasteiger partial charge >= 0.3 is 0 Å². The maximum absolute atomic E-state index is 12.7. The summed E-state index contributed by atoms with van der Waals surface area (Å²) in [6.45, 7) is 1.88. The van der Waals surface area contributed by atoms with Crippen LogP contribution in [-0.4, -0.2) is 21.1 Å². The minimum atomic E-state index is -0.197. The van der Waals surface area contributed by atoms with Crippen molar-refractivity contribution in [1.29, 1.82) is 0 Å². The quantitative estimate of drug-likeness (QED) is 0.378. The first kappa shape index (κ1) is 17.1. The Labute approximate surface area is 162 Å². The first-order valence-corrected chi connectivity index (χ1v) is 10.5. The maximum Gasteiger partial charge on any atom is 0.258 e. The number of aromatic nitrogens is 3. The Morgan fingerprint density at radius 1 is 1.19 bits per heavy atom. The molecule has 0 atom stereocenters. The van der Waals surface area contributed by atoms with E-state index >= 15 is 0 Å². The van der Waals surface area contributed by atoms with Crippen molar-refractivity contribution in [3.63, 3.8) is 0 Å². The van der Waals surface area contributed by atoms with Gasteiger partial charge in [-0.3, -0.25) is 15.1 Å². The van der Waals surface area contributed by atoms with E-state index < -0.39 is 0 Å². The molecule has 0 fully saturated rings. The molecule has 26 heavy (non-hydrogen) atoms. The molecule has 0 saturated heterocycles. The minimum absolute atomic E-state index is 0.197. The fourth-order valence-electron chi connectivity index (χ4n) is 2.51. The van der Waals surface area contributed by atoms with E-state index in [0.717, 1.165) is 26.7 Å². The number of nitrogens with one attached hydrogen (secondary N) is 1. The highest BCUT2D eigenvalue weighted by atomic mass is 32.2. The van der Waals surface area contributed by atoms with Gasteiger partial charge in [-0.15, -0.1) is 21.5 Å². The van der Waals surface area contributed by atoms with Crippen molar-refractivity contribution in [3.8, 4) is 0 Å². The molecule has 5 nitrogen and oxygen atoms in total. The zero-order valence-corrected chi connectivity index (χ0v) is 16.3. The first-order chi connectivity index (χ1) is 12.7. The molecule has 4 rings (SSSR count). The van der Waals surface area contributed by atoms with Crippen molar-refractivity contribution in [2.45, 2.75) is 17.0 Å². The van der Waals surface area contributed by atoms with Crippen LogP contribution in [0, 0.1) is 6.92 Å². The van der Waals surface area contributed by atoms with Crippen molar-refractivity contribution < 1.29 is 4.79 Å². The number of thiophene rings is 1. The van der Waals surface area contributed by atoms with Gasteiger partial charge in [0.25, 0.3) is 5.91 Å². The van der Waals surface area contributed by atoms with E-state index in [9.17, 15) is 4.79 Å². The van der Waals surface area contributed by atoms with Crippen LogP contribution in [0.1, 0.15) is 20.9 Å². The molecule has 0 aliphatic carbocycles. The highest BCUT2D eigenvalue weighted by Gasteiger charge is 2.14. The second kappa shape index (κ2) is 7.53. The van der Waals surface area contributed by atoms with Gasteiger partial charge in [0.05, 0.1) is 11.1 Å². The number of rotatable bonds is 5. The lowest BCUT2D eigenvalue weighted by Gasteiger charge is -2.07. The molecule has 1 aromatic carbocycles. The Morgan fingerprint density at radius 3 is 2.92 bits per heavy atom. The molecule has 0 aliphatic rings. The van der Waals surface area contributed by atoms with Crippen LogP contribution in [0.25, 0.3) is 10.9 Å². The number of anilines is 1. The normalized spacial score (nSPS) is 11.0. The molecule has 3 heterocycles. The van der Waals surface area contributed by atoms with Gasteiger partial charge in [-0.05, 0) is 30.5 Å². The summed E-state index contributed by atoms with van der Waals surface area (Å²) in [5.74, 6) is 0.659. The zero-order valence-electron chi connectivity index (χ0n) is 13.8. The third-order valence-electron chi connectivity index (χ3n) is 3.63. The van der Waals surface area contributed by atoms with E-state index in [1.165, 1.54) is 16.2 Å². The Balaban J connectivity index is 1.50. The van der Waals surface area contributed by atoms with E-state index in [4.69, 9.17) is 0 Å². The van der Waals surface area contributed by atoms with Gasteiger partial charge in [0.1, 0.15) is 0 Å². The van der Waals surface area contributed by atoms with Crippen LogP contribution >= 0.6 is 34.4 Å². The van der Waals surface area contributed by atoms with Crippen molar-refractivity contribution in [3.05, 3.63) is 64.0 Å². The molecule has 1 amide bonds. The van der Waals surface area contributed by atoms with E-state index in [1.54, 1.807) is 29.2 Å². The molecule has 0 aliphatic heterocycles. The van der Waals surface area contributed by atoms with Gasteiger partial charge in [0, 0.05) is 21.7 Å². The Bertz CT molecular complexity index is 1060. The molecule has 0 saturated carbocycles. The smallest absolute Gasteiger partial charge is 0.258 e. The molecule has 3 aromatic heterocycles. The van der Waals surface area contributed by atoms with Crippen LogP contribution in [0.15, 0.2) is 52.2 Å². The molecule has 130 valence electrons. The molecular formula is C18H14N4OS3. The second-order valence-electron chi connectivity index (χ2n) is 5.52. The molecule has 4 aromatic rings. The summed E-state index contributed by atoms with van der Waals surface area (Å²) in [6.07, 6.45) is 0. The lowest BCUT2D eigenvalue weighted by molar-refractivity contribution is 0.102. The largest absolute Gasteiger partial charge is 0.296 e. The lowest BCUT2D eigenvalue weighted by atomic mass is 10.1. The predicted molar refractivity (Wildman–Crippen MR) is 108 cm³/mol. The van der Waals surface area contributed by atoms with Crippen LogP contribution in [0.3, 0.4) is 0 Å². The average Bonchev–Trinajstić information content (AvgIpc) is 3.31. The third-order valence-corrected chi connectivity index (χ3v) is 6.71. The molecule has 0 unspecified atom stereocenters. The standard InChI is InChI=1S/C18H14N4OS3/c1-11-9-14(13-6-2-3-7-15(13)19-11)16(23)20-17-21-22-18(26-17)25-10-12-5-4-8-24-12/h2-9H,10H2,1H3,(H,20,21,23). The number of carbonyl (C=O) groups excluding carboxylic acids is 1. The fourth-order valence-corrected chi connectivity index (χ4v) is 5.03. The molecule has 1 N–H and O–H groups in total. The predicted octanol–water partition coefficient (Wildman–Crippen LogP) is 5.00. The van der Waals surface area contributed by atoms with Crippen LogP contribution in [0.2, 0.25) is 0 Å². The number of nitrogens with zero attached hydrogens (tertiary/aromatic N) is 3. The van der Waals surface area contributed by atoms with Crippen molar-refractivity contribution >= 4 is 56.4 Å². The minimum Gasteiger partial charge on any atom is -0.296 e. The SMILES string of the molecule is Cc1cc(C(=O)Nc2nnc(SCc3cccs3)s2)c2ccccc2n1. The van der Waals surface area contributed by atoms with Gasteiger partial charge in [-0.25, -0.2) is 0 Å². The van der Waals surface area contributed by atoms with E-state index in [2.05, 4.69) is 31.9 Å². The summed E-state index contributed by atoms with van der Waals surface area (Å²) in [4.78, 5) is 18.5. The molecule has 8 heteroatoms. The van der Waals surface area contributed by atoms with Crippen molar-refractivity contribution in [1.82, 2.24) is 15.2 Å². The van der Waals surface area contributed by atoms with Crippen LogP contribution in [-0.2, 0) is 5.75 Å². The van der Waals surface area contributed by atoms with Gasteiger partial charge in [0.15, 0.2) is 4.34 Å². The monoisotopic (exact) mass is 398 g/mol. The van der Waals surface area contributed by atoms with Crippen LogP contribution < -0.4 is 5.32 Å². The summed E-state index contributed by atoms with van der Waals surface area (Å²) in [6, 6.07) is 13.6. The summed E-state index contributed by atoms with van der Waals surface area (Å²) in [7, 11) is 0. The van der Waals surface area contributed by atoms with Gasteiger partial charge in [-0.2, -0.15) is 0 Å². The second-order valence-corrected chi connectivity index (χ2v) is 8.76. The van der Waals surface area contributed by atoms with Crippen LogP contribution in [0.4, 0.5) is 5.13 Å². The fraction of sp³-hybridized carbons (Fsp3) is 0.111. The summed E-state index contributed by atoms with van der Waals surface area (Å²) < 4.78 is 0.837. The number of carbonyl (C=O) groups is 1. The highest BCUT2D eigenvalue weighted by molar-refractivity contribution is 8.00. The number of para-hydroxylation sites is 1. The first-order valence-electron chi connectivity index (χ1n) is 7.85. The Kier molecular flexibility index (Phi) is 4.96. The van der Waals surface area contributed by atoms with Gasteiger partial charge in [0.2, 0.25) is 5.13 Å². The number of benzene rings is 1. The van der Waals surface area contributed by atoms with Gasteiger partial charge in [-0.1, -0.05) is 47.4 Å². The Morgan fingerprint density at radius 2 is 2.08 bits per heavy atom. The topological polar surface area (TPSA) is 67.8 Å². The van der Waals surface area contributed by atoms with E-state index in [1.807, 2.05) is 37.3 Å². The zero-order chi connectivity index (χ0) is 17.9. The molecule has 0 radical (unpaired) electrons. The summed E-state index contributed by atoms with van der Waals surface area (Å²) in [5.41, 5.74) is 2.21. The number of fused-ring (bicyclic) bond motifs is 1. The third kappa shape index (κ3) is 3.77. The van der Waals surface area contributed by atoms with Crippen molar-refractivity contribution in [2.24, 2.45) is 0 Å². The lowest BCUT2D eigenvalue weighted by Crippen LogP contribution is -2.13. The van der Waals surface area contributed by atoms with E-state index in [0.29, 0.717) is 10.7 Å². The number of thioether (sulfide) groups is 1. The highest BCUT2D eigenvalue weighted by Crippen LogP contribution is 2.30. The Hall–Kier alpha value is -2.29. The average molecular weight is 399 g/mol. The van der Waals surface area contributed by atoms with Gasteiger partial charge < -0.3 is 0 Å². The number of pyridine rings is 1. The summed E-state index contributed by atoms with van der Waals surface area (Å²) >= 11 is 4.73. The van der Waals surface area contributed by atoms with Crippen LogP contribution in [0.5, 0.6) is 0 Å². The molecular weight excluding hydrogens is 384 g/mol. The van der Waals surface area contributed by atoms with Crippen molar-refractivity contribution in [2.75, 3.05) is 5.32 Å². The number of hydrogen-bond acceptors (Lipinski definition) is 7. The maximum atomic E-state index is 12.7. The summed E-state index contributed by atoms with van der Waals surface area (Å²) in [5, 5.41) is 14.5. The number of amides is 1.